The highest BCUT2D eigenvalue weighted by Gasteiger charge is 2.32. The number of ether oxygens (including phenoxy) is 1. The summed E-state index contributed by atoms with van der Waals surface area (Å²) in [5.74, 6) is -0.0188. The molecule has 0 N–H and O–H groups in total. The molecular weight excluding hydrogens is 319 g/mol. The second-order valence-electron chi connectivity index (χ2n) is 5.14. The van der Waals surface area contributed by atoms with Crippen molar-refractivity contribution < 1.29 is 18.7 Å². The van der Waals surface area contributed by atoms with E-state index in [2.05, 4.69) is 0 Å². The third-order valence-electron chi connectivity index (χ3n) is 3.47. The van der Waals surface area contributed by atoms with Crippen LogP contribution in [0.25, 0.3) is 5.69 Å². The van der Waals surface area contributed by atoms with E-state index in [-0.39, 0.29) is 11.2 Å². The number of hydrogen-bond donors (Lipinski definition) is 0. The van der Waals surface area contributed by atoms with E-state index in [1.165, 1.54) is 17.9 Å². The van der Waals surface area contributed by atoms with Gasteiger partial charge in [0, 0.05) is 25.1 Å². The minimum atomic E-state index is -0.521. The Kier molecular flexibility index (Phi) is 4.38. The molecular formula is C16H15FN2O3S. The van der Waals surface area contributed by atoms with Crippen LogP contribution in [-0.2, 0) is 9.53 Å². The van der Waals surface area contributed by atoms with Crippen molar-refractivity contribution in [3.8, 4) is 5.69 Å². The van der Waals surface area contributed by atoms with Gasteiger partial charge in [-0.15, -0.1) is 0 Å². The van der Waals surface area contributed by atoms with Gasteiger partial charge in [-0.05, 0) is 30.3 Å². The summed E-state index contributed by atoms with van der Waals surface area (Å²) < 4.78 is 21.2. The smallest absolute Gasteiger partial charge is 0.414 e. The lowest BCUT2D eigenvalue weighted by Crippen LogP contribution is -2.25. The number of amides is 1. The highest BCUT2D eigenvalue weighted by atomic mass is 32.2. The first-order valence-electron chi connectivity index (χ1n) is 7.09. The third kappa shape index (κ3) is 3.39. The van der Waals surface area contributed by atoms with Crippen LogP contribution in [0.5, 0.6) is 0 Å². The summed E-state index contributed by atoms with van der Waals surface area (Å²) in [5, 5.41) is -0.0263. The number of cyclic esters (lactones) is 1. The largest absolute Gasteiger partial charge is 0.443 e. The van der Waals surface area contributed by atoms with Crippen LogP contribution in [0.3, 0.4) is 0 Å². The van der Waals surface area contributed by atoms with Gasteiger partial charge in [-0.25, -0.2) is 9.18 Å². The van der Waals surface area contributed by atoms with Crippen molar-refractivity contribution in [3.63, 3.8) is 0 Å². The minimum Gasteiger partial charge on any atom is -0.443 e. The van der Waals surface area contributed by atoms with E-state index >= 15 is 0 Å². The van der Waals surface area contributed by atoms with Gasteiger partial charge >= 0.3 is 6.09 Å². The fraction of sp³-hybridized carbons (Fsp3) is 0.250. The molecule has 1 aliphatic rings. The van der Waals surface area contributed by atoms with Gasteiger partial charge < -0.3 is 9.30 Å². The molecule has 5 nitrogen and oxygen atoms in total. The highest BCUT2D eigenvalue weighted by molar-refractivity contribution is 8.13. The van der Waals surface area contributed by atoms with E-state index in [1.807, 2.05) is 12.1 Å². The first-order valence-corrected chi connectivity index (χ1v) is 8.07. The molecule has 0 aliphatic carbocycles. The van der Waals surface area contributed by atoms with E-state index in [0.29, 0.717) is 23.7 Å². The van der Waals surface area contributed by atoms with Gasteiger partial charge in [-0.1, -0.05) is 11.8 Å². The molecule has 120 valence electrons. The lowest BCUT2D eigenvalue weighted by molar-refractivity contribution is -0.109. The van der Waals surface area contributed by atoms with E-state index in [0.717, 1.165) is 11.8 Å². The van der Waals surface area contributed by atoms with Gasteiger partial charge in [-0.3, -0.25) is 9.69 Å². The Bertz CT molecular complexity index is 733. The molecule has 0 unspecified atom stereocenters. The number of benzene rings is 1. The lowest BCUT2D eigenvalue weighted by Gasteiger charge is -2.14. The Hall–Kier alpha value is -2.28. The summed E-state index contributed by atoms with van der Waals surface area (Å²) in [6.45, 7) is 1.77. The normalized spacial score (nSPS) is 17.4. The molecule has 1 aliphatic heterocycles. The van der Waals surface area contributed by atoms with Gasteiger partial charge in [0.15, 0.2) is 5.12 Å². The average molecular weight is 334 g/mol. The SMILES string of the molecule is CC(=O)SC[C@H]1CN(c2ccc(-n3cccc3)c(F)c2)C(=O)O1. The van der Waals surface area contributed by atoms with Crippen LogP contribution in [-0.4, -0.2) is 34.2 Å². The van der Waals surface area contributed by atoms with Gasteiger partial charge in [0.05, 0.1) is 17.9 Å². The quantitative estimate of drug-likeness (QED) is 0.861. The van der Waals surface area contributed by atoms with Crippen LogP contribution in [0.1, 0.15) is 6.92 Å². The molecule has 1 saturated heterocycles. The second-order valence-corrected chi connectivity index (χ2v) is 6.34. The van der Waals surface area contributed by atoms with E-state index in [4.69, 9.17) is 4.74 Å². The molecule has 23 heavy (non-hydrogen) atoms. The number of carbonyl (C=O) groups excluding carboxylic acids is 2. The van der Waals surface area contributed by atoms with Crippen molar-refractivity contribution >= 4 is 28.7 Å². The Morgan fingerprint density at radius 1 is 1.39 bits per heavy atom. The third-order valence-corrected chi connectivity index (χ3v) is 4.42. The van der Waals surface area contributed by atoms with Crippen molar-refractivity contribution in [1.29, 1.82) is 0 Å². The number of hydrogen-bond acceptors (Lipinski definition) is 4. The second kappa shape index (κ2) is 6.45. The topological polar surface area (TPSA) is 51.5 Å². The predicted molar refractivity (Wildman–Crippen MR) is 86.5 cm³/mol. The van der Waals surface area contributed by atoms with Gasteiger partial charge in [0.2, 0.25) is 0 Å². The molecule has 1 atom stereocenters. The number of carbonyl (C=O) groups is 2. The Morgan fingerprint density at radius 2 is 2.13 bits per heavy atom. The van der Waals surface area contributed by atoms with Crippen LogP contribution in [0.15, 0.2) is 42.7 Å². The number of nitrogens with zero attached hydrogens (tertiary/aromatic N) is 2. The summed E-state index contributed by atoms with van der Waals surface area (Å²) in [4.78, 5) is 24.3. The van der Waals surface area contributed by atoms with Gasteiger partial charge in [0.25, 0.3) is 0 Å². The molecule has 1 amide bonds. The average Bonchev–Trinajstić information content (AvgIpc) is 3.14. The molecule has 1 aromatic heterocycles. The number of halogens is 1. The molecule has 2 heterocycles. The molecule has 0 bridgehead atoms. The van der Waals surface area contributed by atoms with Crippen molar-refractivity contribution in [3.05, 3.63) is 48.5 Å². The number of rotatable bonds is 4. The Balaban J connectivity index is 1.76. The number of anilines is 1. The standard InChI is InChI=1S/C16H15FN2O3S/c1-11(20)23-10-13-9-19(16(21)22-13)12-4-5-15(14(17)8-12)18-6-2-3-7-18/h2-8,13H,9-10H2,1H3/t13-/m1/s1. The van der Waals surface area contributed by atoms with E-state index < -0.39 is 11.9 Å². The monoisotopic (exact) mass is 334 g/mol. The number of thioether (sulfide) groups is 1. The lowest BCUT2D eigenvalue weighted by atomic mass is 10.2. The predicted octanol–water partition coefficient (Wildman–Crippen LogP) is 3.22. The molecule has 0 saturated carbocycles. The fourth-order valence-corrected chi connectivity index (χ4v) is 2.99. The minimum absolute atomic E-state index is 0.0263. The summed E-state index contributed by atoms with van der Waals surface area (Å²) in [7, 11) is 0. The van der Waals surface area contributed by atoms with Crippen LogP contribution in [0.2, 0.25) is 0 Å². The first kappa shape index (κ1) is 15.6. The maximum Gasteiger partial charge on any atom is 0.414 e. The summed E-state index contributed by atoms with van der Waals surface area (Å²) in [5.41, 5.74) is 0.855. The number of aromatic nitrogens is 1. The van der Waals surface area contributed by atoms with Crippen LogP contribution < -0.4 is 4.90 Å². The molecule has 0 radical (unpaired) electrons. The molecule has 1 fully saturated rings. The first-order chi connectivity index (χ1) is 11.0. The van der Waals surface area contributed by atoms with Gasteiger partial charge in [0.1, 0.15) is 11.9 Å². The summed E-state index contributed by atoms with van der Waals surface area (Å²) >= 11 is 1.11. The zero-order chi connectivity index (χ0) is 16.4. The molecule has 2 aromatic rings. The molecule has 7 heteroatoms. The van der Waals surface area contributed by atoms with Crippen molar-refractivity contribution in [2.45, 2.75) is 13.0 Å². The van der Waals surface area contributed by atoms with E-state index in [9.17, 15) is 14.0 Å². The zero-order valence-electron chi connectivity index (χ0n) is 12.4. The maximum atomic E-state index is 14.3. The highest BCUT2D eigenvalue weighted by Crippen LogP contribution is 2.26. The van der Waals surface area contributed by atoms with Crippen LogP contribution in [0.4, 0.5) is 14.9 Å². The molecule has 0 spiro atoms. The van der Waals surface area contributed by atoms with Crippen molar-refractivity contribution in [2.24, 2.45) is 0 Å². The van der Waals surface area contributed by atoms with Crippen LogP contribution >= 0.6 is 11.8 Å². The zero-order valence-corrected chi connectivity index (χ0v) is 13.3. The Morgan fingerprint density at radius 3 is 2.78 bits per heavy atom. The molecule has 3 rings (SSSR count). The fourth-order valence-electron chi connectivity index (χ4n) is 2.40. The molecule has 1 aromatic carbocycles. The van der Waals surface area contributed by atoms with Crippen LogP contribution in [0, 0.1) is 5.82 Å². The summed E-state index contributed by atoms with van der Waals surface area (Å²) in [6, 6.07) is 8.23. The summed E-state index contributed by atoms with van der Waals surface area (Å²) in [6.07, 6.45) is 2.60. The van der Waals surface area contributed by atoms with E-state index in [1.54, 1.807) is 29.1 Å². The Labute approximate surface area is 137 Å². The maximum absolute atomic E-state index is 14.3. The van der Waals surface area contributed by atoms with Crippen molar-refractivity contribution in [2.75, 3.05) is 17.2 Å². The van der Waals surface area contributed by atoms with Gasteiger partial charge in [-0.2, -0.15) is 0 Å². The van der Waals surface area contributed by atoms with Crippen molar-refractivity contribution in [1.82, 2.24) is 4.57 Å².